The number of benzene rings is 2. The van der Waals surface area contributed by atoms with Crippen LogP contribution in [0, 0.1) is 23.5 Å². The summed E-state index contributed by atoms with van der Waals surface area (Å²) in [6.07, 6.45) is 6.51. The Hall–Kier alpha value is -2.77. The molecule has 2 aromatic carbocycles. The first-order chi connectivity index (χ1) is 17.2. The first-order valence-corrected chi connectivity index (χ1v) is 12.8. The molecule has 0 amide bonds. The summed E-state index contributed by atoms with van der Waals surface area (Å²) in [4.78, 5) is 22.1. The van der Waals surface area contributed by atoms with E-state index in [0.717, 1.165) is 63.5 Å². The average molecular weight is 514 g/mol. The van der Waals surface area contributed by atoms with Crippen molar-refractivity contribution >= 4 is 34.0 Å². The fourth-order valence-corrected chi connectivity index (χ4v) is 5.32. The Morgan fingerprint density at radius 3 is 2.47 bits per heavy atom. The van der Waals surface area contributed by atoms with Crippen LogP contribution in [0.25, 0.3) is 22.0 Å². The smallest absolute Gasteiger partial charge is 0.170 e. The molecule has 5 nitrogen and oxygen atoms in total. The number of pyridine rings is 1. The molecule has 1 aromatic heterocycles. The molecule has 0 unspecified atom stereocenters. The fraction of sp³-hybridized carbons (Fsp3) is 0.429. The molecule has 1 N–H and O–H groups in total. The van der Waals surface area contributed by atoms with Gasteiger partial charge in [0.05, 0.1) is 21.8 Å². The highest BCUT2D eigenvalue weighted by atomic mass is 35.5. The molecule has 1 saturated carbocycles. The topological polar surface area (TPSA) is 56.7 Å². The summed E-state index contributed by atoms with van der Waals surface area (Å²) < 4.78 is 29.4. The summed E-state index contributed by atoms with van der Waals surface area (Å²) in [5, 5.41) is 10.2. The van der Waals surface area contributed by atoms with Gasteiger partial charge in [-0.1, -0.05) is 11.6 Å². The SMILES string of the molecule is CN(C)CCC1CCN(c2c(C(=O)C3CC3)cnc3cc(F)c(-c4cc(F)c(O)c(Cl)c4)cc23)CC1. The zero-order valence-electron chi connectivity index (χ0n) is 20.5. The van der Waals surface area contributed by atoms with Crippen molar-refractivity contribution < 1.29 is 18.7 Å². The van der Waals surface area contributed by atoms with Crippen LogP contribution in [0.1, 0.15) is 42.5 Å². The van der Waals surface area contributed by atoms with Crippen molar-refractivity contribution in [1.29, 1.82) is 0 Å². The minimum atomic E-state index is -0.923. The van der Waals surface area contributed by atoms with E-state index in [-0.39, 0.29) is 27.9 Å². The molecular weight excluding hydrogens is 484 g/mol. The van der Waals surface area contributed by atoms with E-state index in [1.54, 1.807) is 12.3 Å². The van der Waals surface area contributed by atoms with Crippen molar-refractivity contribution in [2.45, 2.75) is 32.1 Å². The van der Waals surface area contributed by atoms with E-state index in [4.69, 9.17) is 11.6 Å². The van der Waals surface area contributed by atoms with Crippen LogP contribution in [0.15, 0.2) is 30.5 Å². The van der Waals surface area contributed by atoms with Gasteiger partial charge < -0.3 is 14.9 Å². The van der Waals surface area contributed by atoms with E-state index >= 15 is 4.39 Å². The Kier molecular flexibility index (Phi) is 6.88. The van der Waals surface area contributed by atoms with Gasteiger partial charge >= 0.3 is 0 Å². The Labute approximate surface area is 214 Å². The molecule has 5 rings (SSSR count). The van der Waals surface area contributed by atoms with Crippen LogP contribution in [0.3, 0.4) is 0 Å². The van der Waals surface area contributed by atoms with Gasteiger partial charge in [0.1, 0.15) is 5.82 Å². The molecule has 0 spiro atoms. The fourth-order valence-electron chi connectivity index (χ4n) is 5.11. The highest BCUT2D eigenvalue weighted by molar-refractivity contribution is 6.32. The second-order valence-electron chi connectivity index (χ2n) is 10.3. The minimum absolute atomic E-state index is 0.0190. The largest absolute Gasteiger partial charge is 0.504 e. The third-order valence-corrected chi connectivity index (χ3v) is 7.67. The number of fused-ring (bicyclic) bond motifs is 1. The summed E-state index contributed by atoms with van der Waals surface area (Å²) in [5.74, 6) is -1.45. The van der Waals surface area contributed by atoms with Crippen molar-refractivity contribution in [2.24, 2.45) is 11.8 Å². The van der Waals surface area contributed by atoms with Crippen LogP contribution in [-0.4, -0.2) is 54.5 Å². The maximum Gasteiger partial charge on any atom is 0.170 e. The predicted molar refractivity (Wildman–Crippen MR) is 139 cm³/mol. The number of phenolic OH excluding ortho intramolecular Hbond substituents is 1. The first-order valence-electron chi connectivity index (χ1n) is 12.5. The number of anilines is 1. The Morgan fingerprint density at radius 1 is 1.11 bits per heavy atom. The maximum absolute atomic E-state index is 15.2. The van der Waals surface area contributed by atoms with Gasteiger partial charge in [-0.25, -0.2) is 8.78 Å². The highest BCUT2D eigenvalue weighted by Crippen LogP contribution is 2.41. The van der Waals surface area contributed by atoms with E-state index in [1.165, 1.54) is 12.1 Å². The van der Waals surface area contributed by atoms with E-state index in [2.05, 4.69) is 28.9 Å². The van der Waals surface area contributed by atoms with Crippen LogP contribution < -0.4 is 4.90 Å². The number of hydrogen-bond acceptors (Lipinski definition) is 5. The number of Topliss-reactive ketones (excluding diaryl/α,β-unsaturated/α-hetero) is 1. The number of piperidine rings is 1. The van der Waals surface area contributed by atoms with Crippen LogP contribution >= 0.6 is 11.6 Å². The number of rotatable bonds is 7. The number of carbonyl (C=O) groups is 1. The molecule has 190 valence electrons. The number of nitrogens with zero attached hydrogens (tertiary/aromatic N) is 3. The molecule has 3 aromatic rings. The molecule has 2 heterocycles. The molecule has 1 aliphatic heterocycles. The van der Waals surface area contributed by atoms with Crippen molar-refractivity contribution in [1.82, 2.24) is 9.88 Å². The number of carbonyl (C=O) groups excluding carboxylic acids is 1. The lowest BCUT2D eigenvalue weighted by Gasteiger charge is -2.35. The zero-order valence-corrected chi connectivity index (χ0v) is 21.3. The molecule has 1 aliphatic carbocycles. The number of aromatic nitrogens is 1. The molecular formula is C28H30ClF2N3O2. The number of halogens is 3. The van der Waals surface area contributed by atoms with Gasteiger partial charge in [-0.15, -0.1) is 0 Å². The first kappa shape index (κ1) is 24.9. The lowest BCUT2D eigenvalue weighted by molar-refractivity contribution is 0.0968. The van der Waals surface area contributed by atoms with Gasteiger partial charge in [-0.05, 0) is 82.4 Å². The third-order valence-electron chi connectivity index (χ3n) is 7.39. The monoisotopic (exact) mass is 513 g/mol. The molecule has 0 radical (unpaired) electrons. The summed E-state index contributed by atoms with van der Waals surface area (Å²) in [5.41, 5.74) is 2.16. The van der Waals surface area contributed by atoms with Crippen molar-refractivity contribution in [3.05, 3.63) is 52.7 Å². The van der Waals surface area contributed by atoms with Crippen molar-refractivity contribution in [3.63, 3.8) is 0 Å². The summed E-state index contributed by atoms with van der Waals surface area (Å²) in [6.45, 7) is 2.64. The molecule has 0 atom stereocenters. The van der Waals surface area contributed by atoms with Gasteiger partial charge in [-0.3, -0.25) is 9.78 Å². The van der Waals surface area contributed by atoms with Crippen LogP contribution in [0.5, 0.6) is 5.75 Å². The number of ketones is 1. The van der Waals surface area contributed by atoms with Crippen LogP contribution in [0.2, 0.25) is 5.02 Å². The summed E-state index contributed by atoms with van der Waals surface area (Å²) in [7, 11) is 4.16. The second kappa shape index (κ2) is 9.94. The number of hydrogen-bond donors (Lipinski definition) is 1. The Morgan fingerprint density at radius 2 is 1.83 bits per heavy atom. The predicted octanol–water partition coefficient (Wildman–Crippen LogP) is 6.30. The molecule has 2 aliphatic rings. The number of phenols is 1. The van der Waals surface area contributed by atoms with Crippen LogP contribution in [0.4, 0.5) is 14.5 Å². The highest BCUT2D eigenvalue weighted by Gasteiger charge is 2.34. The van der Waals surface area contributed by atoms with E-state index in [9.17, 15) is 14.3 Å². The second-order valence-corrected chi connectivity index (χ2v) is 10.7. The normalized spacial score (nSPS) is 16.8. The van der Waals surface area contributed by atoms with Gasteiger partial charge in [0, 0.05) is 42.2 Å². The van der Waals surface area contributed by atoms with Gasteiger partial charge in [0.25, 0.3) is 0 Å². The zero-order chi connectivity index (χ0) is 25.6. The lowest BCUT2D eigenvalue weighted by Crippen LogP contribution is -2.35. The van der Waals surface area contributed by atoms with Crippen LogP contribution in [-0.2, 0) is 0 Å². The quantitative estimate of drug-likeness (QED) is 0.376. The van der Waals surface area contributed by atoms with Crippen molar-refractivity contribution in [2.75, 3.05) is 38.6 Å². The summed E-state index contributed by atoms with van der Waals surface area (Å²) >= 11 is 5.98. The van der Waals surface area contributed by atoms with Crippen molar-refractivity contribution in [3.8, 4) is 16.9 Å². The maximum atomic E-state index is 15.2. The standard InChI is InChI=1S/C28H30ClF2N3O2/c1-33(2)8-5-16-6-9-34(10-7-16)26-20-13-19(18-11-22(29)28(36)24(31)12-18)23(30)14-25(20)32-15-21(26)27(35)17-3-4-17/h11-17,36H,3-10H2,1-2H3. The lowest BCUT2D eigenvalue weighted by atomic mass is 9.91. The Bertz CT molecular complexity index is 1290. The van der Waals surface area contributed by atoms with Gasteiger partial charge in [-0.2, -0.15) is 0 Å². The molecule has 8 heteroatoms. The molecule has 36 heavy (non-hydrogen) atoms. The molecule has 0 bridgehead atoms. The Balaban J connectivity index is 1.59. The average Bonchev–Trinajstić information content (AvgIpc) is 3.70. The number of aromatic hydroxyl groups is 1. The van der Waals surface area contributed by atoms with Gasteiger partial charge in [0.2, 0.25) is 0 Å². The third kappa shape index (κ3) is 4.91. The van der Waals surface area contributed by atoms with E-state index in [1.807, 2.05) is 0 Å². The molecule has 1 saturated heterocycles. The van der Waals surface area contributed by atoms with E-state index in [0.29, 0.717) is 22.4 Å². The van der Waals surface area contributed by atoms with E-state index < -0.39 is 17.4 Å². The minimum Gasteiger partial charge on any atom is -0.504 e. The molecule has 2 fully saturated rings. The van der Waals surface area contributed by atoms with Gasteiger partial charge in [0.15, 0.2) is 17.3 Å². The summed E-state index contributed by atoms with van der Waals surface area (Å²) in [6, 6.07) is 5.36.